The van der Waals surface area contributed by atoms with Gasteiger partial charge in [-0.2, -0.15) is 0 Å². The zero-order valence-electron chi connectivity index (χ0n) is 14.2. The average molecular weight is 336 g/mol. The number of aliphatic hydroxyl groups is 1. The molecule has 0 spiro atoms. The summed E-state index contributed by atoms with van der Waals surface area (Å²) in [4.78, 5) is 29.2. The van der Waals surface area contributed by atoms with E-state index in [0.717, 1.165) is 5.56 Å². The molecule has 1 saturated carbocycles. The molecule has 1 fully saturated rings. The summed E-state index contributed by atoms with van der Waals surface area (Å²) >= 11 is 0. The van der Waals surface area contributed by atoms with Crippen molar-refractivity contribution in [1.29, 1.82) is 0 Å². The van der Waals surface area contributed by atoms with Crippen LogP contribution in [-0.4, -0.2) is 60.8 Å². The third kappa shape index (κ3) is 4.58. The maximum Gasteiger partial charge on any atom is 0.317 e. The molecule has 1 aromatic rings. The standard InChI is InChI=1S/C16H24N4O4/c1-20(2)16(23)18-9-13(22)19-15(11-6-12(21)7-11)10-4-5-14(24-3)17-8-10/h4-5,8,11-12,15,21H,6-7,9H2,1-3H3,(H,18,23)(H,19,22)/t11?,12?,15-/m1/s1. The normalized spacial score (nSPS) is 20.5. The Morgan fingerprint density at radius 1 is 1.42 bits per heavy atom. The van der Waals surface area contributed by atoms with Crippen molar-refractivity contribution in [2.75, 3.05) is 27.7 Å². The molecular formula is C16H24N4O4. The van der Waals surface area contributed by atoms with Crippen molar-refractivity contribution in [2.24, 2.45) is 5.92 Å². The molecule has 8 heteroatoms. The minimum absolute atomic E-state index is 0.105. The molecule has 2 rings (SSSR count). The fraction of sp³-hybridized carbons (Fsp3) is 0.562. The van der Waals surface area contributed by atoms with E-state index in [2.05, 4.69) is 15.6 Å². The molecule has 0 aromatic carbocycles. The lowest BCUT2D eigenvalue weighted by atomic mass is 9.75. The van der Waals surface area contributed by atoms with Crippen molar-refractivity contribution in [1.82, 2.24) is 20.5 Å². The Hall–Kier alpha value is -2.35. The Bertz CT molecular complexity index is 570. The van der Waals surface area contributed by atoms with Crippen LogP contribution in [0.3, 0.4) is 0 Å². The first-order valence-corrected chi connectivity index (χ1v) is 7.83. The first kappa shape index (κ1) is 18.0. The number of methoxy groups -OCH3 is 1. The van der Waals surface area contributed by atoms with Crippen molar-refractivity contribution in [3.63, 3.8) is 0 Å². The van der Waals surface area contributed by atoms with E-state index >= 15 is 0 Å². The second-order valence-electron chi connectivity index (χ2n) is 6.12. The van der Waals surface area contributed by atoms with Gasteiger partial charge in [-0.3, -0.25) is 4.79 Å². The van der Waals surface area contributed by atoms with Gasteiger partial charge in [0.2, 0.25) is 11.8 Å². The van der Waals surface area contributed by atoms with Crippen LogP contribution < -0.4 is 15.4 Å². The van der Waals surface area contributed by atoms with Crippen molar-refractivity contribution in [3.05, 3.63) is 23.9 Å². The highest BCUT2D eigenvalue weighted by molar-refractivity contribution is 5.84. The minimum atomic E-state index is -0.327. The highest BCUT2D eigenvalue weighted by Crippen LogP contribution is 2.38. The molecule has 1 aliphatic rings. The highest BCUT2D eigenvalue weighted by Gasteiger charge is 2.35. The predicted octanol–water partition coefficient (Wildman–Crippen LogP) is 0.290. The number of ether oxygens (including phenoxy) is 1. The summed E-state index contributed by atoms with van der Waals surface area (Å²) in [7, 11) is 4.75. The van der Waals surface area contributed by atoms with Crippen LogP contribution in [0.1, 0.15) is 24.4 Å². The summed E-state index contributed by atoms with van der Waals surface area (Å²) in [5.74, 6) is 0.354. The number of rotatable bonds is 6. The van der Waals surface area contributed by atoms with Gasteiger partial charge in [0.1, 0.15) is 0 Å². The number of hydrogen-bond donors (Lipinski definition) is 3. The van der Waals surface area contributed by atoms with Crippen molar-refractivity contribution >= 4 is 11.9 Å². The van der Waals surface area contributed by atoms with Gasteiger partial charge in [-0.05, 0) is 24.3 Å². The van der Waals surface area contributed by atoms with Crippen LogP contribution in [0, 0.1) is 5.92 Å². The van der Waals surface area contributed by atoms with Crippen LogP contribution in [0.4, 0.5) is 4.79 Å². The summed E-state index contributed by atoms with van der Waals surface area (Å²) in [6, 6.07) is 3.00. The van der Waals surface area contributed by atoms with Gasteiger partial charge < -0.3 is 25.4 Å². The molecule has 1 aromatic heterocycles. The number of hydrogen-bond acceptors (Lipinski definition) is 5. The lowest BCUT2D eigenvalue weighted by molar-refractivity contribution is -0.122. The smallest absolute Gasteiger partial charge is 0.317 e. The first-order chi connectivity index (χ1) is 11.4. The molecule has 0 aliphatic heterocycles. The molecule has 0 radical (unpaired) electrons. The van der Waals surface area contributed by atoms with E-state index in [1.807, 2.05) is 6.07 Å². The predicted molar refractivity (Wildman–Crippen MR) is 87.5 cm³/mol. The van der Waals surface area contributed by atoms with Crippen LogP contribution in [0.5, 0.6) is 5.88 Å². The van der Waals surface area contributed by atoms with Crippen LogP contribution in [0.2, 0.25) is 0 Å². The van der Waals surface area contributed by atoms with Gasteiger partial charge in [0.15, 0.2) is 0 Å². The summed E-state index contributed by atoms with van der Waals surface area (Å²) in [5, 5.41) is 15.0. The van der Waals surface area contributed by atoms with E-state index in [9.17, 15) is 14.7 Å². The number of carbonyl (C=O) groups excluding carboxylic acids is 2. The summed E-state index contributed by atoms with van der Waals surface area (Å²) in [6.07, 6.45) is 2.59. The first-order valence-electron chi connectivity index (χ1n) is 7.83. The zero-order chi connectivity index (χ0) is 17.7. The maximum absolute atomic E-state index is 12.2. The second kappa shape index (κ2) is 7.96. The molecule has 1 heterocycles. The molecule has 0 bridgehead atoms. The molecular weight excluding hydrogens is 312 g/mol. The number of nitrogens with one attached hydrogen (secondary N) is 2. The number of pyridine rings is 1. The van der Waals surface area contributed by atoms with Gasteiger partial charge in [0, 0.05) is 26.4 Å². The van der Waals surface area contributed by atoms with Gasteiger partial charge >= 0.3 is 6.03 Å². The van der Waals surface area contributed by atoms with Gasteiger partial charge in [-0.15, -0.1) is 0 Å². The maximum atomic E-state index is 12.2. The minimum Gasteiger partial charge on any atom is -0.481 e. The fourth-order valence-electron chi connectivity index (χ4n) is 2.61. The van der Waals surface area contributed by atoms with Crippen LogP contribution in [0.25, 0.3) is 0 Å². The summed E-state index contributed by atoms with van der Waals surface area (Å²) in [5.41, 5.74) is 0.847. The molecule has 3 amide bonds. The van der Waals surface area contributed by atoms with E-state index in [0.29, 0.717) is 18.7 Å². The number of nitrogens with zero attached hydrogens (tertiary/aromatic N) is 2. The van der Waals surface area contributed by atoms with Crippen LogP contribution in [0.15, 0.2) is 18.3 Å². The molecule has 24 heavy (non-hydrogen) atoms. The largest absolute Gasteiger partial charge is 0.481 e. The quantitative estimate of drug-likeness (QED) is 0.693. The van der Waals surface area contributed by atoms with E-state index in [-0.39, 0.29) is 36.5 Å². The Morgan fingerprint density at radius 2 is 2.12 bits per heavy atom. The third-order valence-electron chi connectivity index (χ3n) is 4.07. The molecule has 1 atom stereocenters. The molecule has 132 valence electrons. The molecule has 8 nitrogen and oxygen atoms in total. The van der Waals surface area contributed by atoms with Gasteiger partial charge in [-0.25, -0.2) is 9.78 Å². The molecule has 0 saturated heterocycles. The Labute approximate surface area is 141 Å². The number of carbonyl (C=O) groups is 2. The van der Waals surface area contributed by atoms with Crippen molar-refractivity contribution < 1.29 is 19.4 Å². The average Bonchev–Trinajstić information content (AvgIpc) is 2.55. The lowest BCUT2D eigenvalue weighted by Gasteiger charge is -2.38. The van der Waals surface area contributed by atoms with Crippen LogP contribution in [-0.2, 0) is 4.79 Å². The third-order valence-corrected chi connectivity index (χ3v) is 4.07. The number of aromatic nitrogens is 1. The number of urea groups is 1. The zero-order valence-corrected chi connectivity index (χ0v) is 14.2. The topological polar surface area (TPSA) is 104 Å². The highest BCUT2D eigenvalue weighted by atomic mass is 16.5. The molecule has 1 aliphatic carbocycles. The Balaban J connectivity index is 2.00. The van der Waals surface area contributed by atoms with E-state index in [1.165, 1.54) is 12.0 Å². The number of aliphatic hydroxyl groups excluding tert-OH is 1. The van der Waals surface area contributed by atoms with Crippen LogP contribution >= 0.6 is 0 Å². The molecule has 0 unspecified atom stereocenters. The monoisotopic (exact) mass is 336 g/mol. The molecule has 3 N–H and O–H groups in total. The van der Waals surface area contributed by atoms with E-state index in [4.69, 9.17) is 4.74 Å². The van der Waals surface area contributed by atoms with Gasteiger partial charge in [0.25, 0.3) is 0 Å². The fourth-order valence-corrected chi connectivity index (χ4v) is 2.61. The second-order valence-corrected chi connectivity index (χ2v) is 6.12. The van der Waals surface area contributed by atoms with E-state index in [1.54, 1.807) is 26.4 Å². The van der Waals surface area contributed by atoms with Crippen molar-refractivity contribution in [3.8, 4) is 5.88 Å². The van der Waals surface area contributed by atoms with Crippen molar-refractivity contribution in [2.45, 2.75) is 25.0 Å². The summed E-state index contributed by atoms with van der Waals surface area (Å²) < 4.78 is 5.04. The van der Waals surface area contributed by atoms with Gasteiger partial charge in [-0.1, -0.05) is 6.07 Å². The Morgan fingerprint density at radius 3 is 2.62 bits per heavy atom. The van der Waals surface area contributed by atoms with E-state index < -0.39 is 0 Å². The van der Waals surface area contributed by atoms with Gasteiger partial charge in [0.05, 0.1) is 25.8 Å². The Kier molecular flexibility index (Phi) is 5.97. The summed E-state index contributed by atoms with van der Waals surface area (Å²) in [6.45, 7) is -0.105. The number of amides is 3. The lowest BCUT2D eigenvalue weighted by Crippen LogP contribution is -2.46. The SMILES string of the molecule is COc1ccc([C@@H](NC(=O)CNC(=O)N(C)C)C2CC(O)C2)cn1.